The van der Waals surface area contributed by atoms with Gasteiger partial charge in [-0.15, -0.1) is 0 Å². The molecular weight excluding hydrogens is 294 g/mol. The molecule has 1 N–H and O–H groups in total. The lowest BCUT2D eigenvalue weighted by Crippen LogP contribution is -2.13. The molecule has 1 aliphatic carbocycles. The maximum Gasteiger partial charge on any atom is 0.160 e. The Morgan fingerprint density at radius 3 is 2.61 bits per heavy atom. The fourth-order valence-electron chi connectivity index (χ4n) is 2.07. The van der Waals surface area contributed by atoms with Crippen molar-refractivity contribution >= 4 is 21.7 Å². The van der Waals surface area contributed by atoms with Gasteiger partial charge in [0.2, 0.25) is 0 Å². The second kappa shape index (κ2) is 5.97. The van der Waals surface area contributed by atoms with Crippen LogP contribution in [0, 0.1) is 5.92 Å². The largest absolute Gasteiger partial charge is 0.373 e. The highest BCUT2D eigenvalue weighted by atomic mass is 79.9. The van der Waals surface area contributed by atoms with Gasteiger partial charge in [0, 0.05) is 13.7 Å². The van der Waals surface area contributed by atoms with Crippen molar-refractivity contribution in [2.24, 2.45) is 5.92 Å². The number of aromatic nitrogens is 2. The van der Waals surface area contributed by atoms with Gasteiger partial charge in [-0.1, -0.05) is 6.92 Å². The Balaban J connectivity index is 2.36. The number of rotatable bonds is 6. The van der Waals surface area contributed by atoms with Crippen LogP contribution in [0.5, 0.6) is 0 Å². The lowest BCUT2D eigenvalue weighted by molar-refractivity contribution is 0.0771. The quantitative estimate of drug-likeness (QED) is 0.875. The number of hydrogen-bond donors (Lipinski definition) is 1. The van der Waals surface area contributed by atoms with Gasteiger partial charge in [0.1, 0.15) is 11.9 Å². The van der Waals surface area contributed by atoms with E-state index < -0.39 is 0 Å². The maximum absolute atomic E-state index is 5.56. The van der Waals surface area contributed by atoms with Gasteiger partial charge in [-0.25, -0.2) is 9.97 Å². The third-order valence-corrected chi connectivity index (χ3v) is 4.01. The van der Waals surface area contributed by atoms with E-state index in [2.05, 4.69) is 45.1 Å². The van der Waals surface area contributed by atoms with Crippen LogP contribution in [0.3, 0.4) is 0 Å². The van der Waals surface area contributed by atoms with Gasteiger partial charge in [0.25, 0.3) is 0 Å². The summed E-state index contributed by atoms with van der Waals surface area (Å²) in [6.07, 6.45) is 3.36. The Labute approximate surface area is 117 Å². The topological polar surface area (TPSA) is 47.0 Å². The second-order valence-electron chi connectivity index (χ2n) is 4.57. The lowest BCUT2D eigenvalue weighted by Gasteiger charge is -2.17. The molecule has 1 aliphatic rings. The van der Waals surface area contributed by atoms with Crippen LogP contribution in [0.25, 0.3) is 0 Å². The van der Waals surface area contributed by atoms with Crippen LogP contribution >= 0.6 is 15.9 Å². The van der Waals surface area contributed by atoms with Crippen molar-refractivity contribution in [1.29, 1.82) is 0 Å². The predicted molar refractivity (Wildman–Crippen MR) is 75.7 cm³/mol. The third-order valence-electron chi connectivity index (χ3n) is 3.17. The van der Waals surface area contributed by atoms with Crippen LogP contribution in [0.15, 0.2) is 4.47 Å². The van der Waals surface area contributed by atoms with Gasteiger partial charge in [-0.3, -0.25) is 0 Å². The summed E-state index contributed by atoms with van der Waals surface area (Å²) in [6, 6.07) is 0. The summed E-state index contributed by atoms with van der Waals surface area (Å²) < 4.78 is 6.54. The van der Waals surface area contributed by atoms with E-state index in [0.717, 1.165) is 34.8 Å². The van der Waals surface area contributed by atoms with Gasteiger partial charge in [0.15, 0.2) is 5.82 Å². The number of halogens is 1. The van der Waals surface area contributed by atoms with E-state index in [1.165, 1.54) is 12.8 Å². The van der Waals surface area contributed by atoms with Gasteiger partial charge >= 0.3 is 0 Å². The molecule has 100 valence electrons. The molecule has 0 aromatic carbocycles. The first-order chi connectivity index (χ1) is 8.71. The minimum atomic E-state index is 0.0424. The first-order valence-corrected chi connectivity index (χ1v) is 7.33. The van der Waals surface area contributed by atoms with Gasteiger partial charge in [-0.2, -0.15) is 0 Å². The molecule has 0 bridgehead atoms. The normalized spacial score (nSPS) is 16.7. The van der Waals surface area contributed by atoms with Crippen LogP contribution < -0.4 is 5.32 Å². The van der Waals surface area contributed by atoms with Crippen LogP contribution in [-0.4, -0.2) is 23.6 Å². The highest BCUT2D eigenvalue weighted by molar-refractivity contribution is 9.10. The van der Waals surface area contributed by atoms with Crippen LogP contribution in [0.2, 0.25) is 0 Å². The number of anilines is 1. The molecule has 2 rings (SSSR count). The van der Waals surface area contributed by atoms with E-state index in [0.29, 0.717) is 5.92 Å². The van der Waals surface area contributed by atoms with E-state index in [9.17, 15) is 0 Å². The first-order valence-electron chi connectivity index (χ1n) is 6.54. The molecule has 0 radical (unpaired) electrons. The van der Waals surface area contributed by atoms with Crippen molar-refractivity contribution in [3.8, 4) is 0 Å². The molecule has 1 aromatic rings. The number of nitrogens with zero attached hydrogens (tertiary/aromatic N) is 2. The molecule has 1 fully saturated rings. The average molecular weight is 314 g/mol. The Bertz CT molecular complexity index is 421. The first kappa shape index (κ1) is 13.7. The third kappa shape index (κ3) is 2.83. The summed E-state index contributed by atoms with van der Waals surface area (Å²) in [5.74, 6) is 2.29. The zero-order valence-corrected chi connectivity index (χ0v) is 12.7. The summed E-state index contributed by atoms with van der Waals surface area (Å²) in [5.41, 5.74) is 1.04. The van der Waals surface area contributed by atoms with E-state index in [4.69, 9.17) is 4.74 Å². The van der Waals surface area contributed by atoms with Gasteiger partial charge in [-0.05, 0) is 48.0 Å². The SMILES string of the molecule is CCNc1nc(C(OC)C2CC2)nc(CC)c1Br. The average Bonchev–Trinajstić information content (AvgIpc) is 3.18. The zero-order valence-electron chi connectivity index (χ0n) is 11.2. The molecule has 4 nitrogen and oxygen atoms in total. The number of nitrogens with one attached hydrogen (secondary N) is 1. The molecule has 1 atom stereocenters. The second-order valence-corrected chi connectivity index (χ2v) is 5.36. The van der Waals surface area contributed by atoms with Crippen LogP contribution in [-0.2, 0) is 11.2 Å². The van der Waals surface area contributed by atoms with Crippen molar-refractivity contribution in [2.45, 2.75) is 39.2 Å². The van der Waals surface area contributed by atoms with E-state index in [1.54, 1.807) is 7.11 Å². The highest BCUT2D eigenvalue weighted by Crippen LogP contribution is 2.42. The molecule has 5 heteroatoms. The maximum atomic E-state index is 5.56. The van der Waals surface area contributed by atoms with Crippen LogP contribution in [0.1, 0.15) is 44.3 Å². The molecule has 1 heterocycles. The monoisotopic (exact) mass is 313 g/mol. The standard InChI is InChI=1S/C13H20BrN3O/c1-4-9-10(14)12(15-5-2)17-13(16-9)11(18-3)8-6-7-8/h8,11H,4-7H2,1-3H3,(H,15,16,17). The summed E-state index contributed by atoms with van der Waals surface area (Å²) >= 11 is 3.57. The van der Waals surface area contributed by atoms with Crippen molar-refractivity contribution in [2.75, 3.05) is 19.0 Å². The smallest absolute Gasteiger partial charge is 0.160 e. The molecular formula is C13H20BrN3O. The Hall–Kier alpha value is -0.680. The minimum absolute atomic E-state index is 0.0424. The van der Waals surface area contributed by atoms with Crippen molar-refractivity contribution < 1.29 is 4.74 Å². The zero-order chi connectivity index (χ0) is 13.1. The van der Waals surface area contributed by atoms with Crippen molar-refractivity contribution in [3.63, 3.8) is 0 Å². The molecule has 18 heavy (non-hydrogen) atoms. The number of ether oxygens (including phenoxy) is 1. The van der Waals surface area contributed by atoms with Gasteiger partial charge in [0.05, 0.1) is 10.2 Å². The molecule has 0 spiro atoms. The Morgan fingerprint density at radius 2 is 2.11 bits per heavy atom. The highest BCUT2D eigenvalue weighted by Gasteiger charge is 2.35. The van der Waals surface area contributed by atoms with E-state index in [-0.39, 0.29) is 6.10 Å². The molecule has 0 saturated heterocycles. The minimum Gasteiger partial charge on any atom is -0.373 e. The number of hydrogen-bond acceptors (Lipinski definition) is 4. The summed E-state index contributed by atoms with van der Waals surface area (Å²) in [4.78, 5) is 9.25. The fourth-order valence-corrected chi connectivity index (χ4v) is 2.66. The van der Waals surface area contributed by atoms with Gasteiger partial charge < -0.3 is 10.1 Å². The summed E-state index contributed by atoms with van der Waals surface area (Å²) in [6.45, 7) is 5.01. The van der Waals surface area contributed by atoms with Crippen molar-refractivity contribution in [3.05, 3.63) is 16.0 Å². The van der Waals surface area contributed by atoms with E-state index >= 15 is 0 Å². The lowest BCUT2D eigenvalue weighted by atomic mass is 10.2. The molecule has 1 saturated carbocycles. The molecule has 1 unspecified atom stereocenters. The molecule has 1 aromatic heterocycles. The molecule has 0 amide bonds. The van der Waals surface area contributed by atoms with E-state index in [1.807, 2.05) is 0 Å². The Kier molecular flexibility index (Phi) is 4.56. The molecule has 0 aliphatic heterocycles. The summed E-state index contributed by atoms with van der Waals surface area (Å²) in [7, 11) is 1.74. The summed E-state index contributed by atoms with van der Waals surface area (Å²) in [5, 5.41) is 3.28. The number of aryl methyl sites for hydroxylation is 1. The Morgan fingerprint density at radius 1 is 1.39 bits per heavy atom. The predicted octanol–water partition coefficient (Wildman–Crippen LogP) is 3.33. The van der Waals surface area contributed by atoms with Crippen molar-refractivity contribution in [1.82, 2.24) is 9.97 Å². The van der Waals surface area contributed by atoms with Crippen LogP contribution in [0.4, 0.5) is 5.82 Å². The fraction of sp³-hybridized carbons (Fsp3) is 0.692. The number of methoxy groups -OCH3 is 1.